The summed E-state index contributed by atoms with van der Waals surface area (Å²) in [6.07, 6.45) is 1.43. The van der Waals surface area contributed by atoms with Gasteiger partial charge in [0.2, 0.25) is 0 Å². The maximum absolute atomic E-state index is 13.3. The Hall–Kier alpha value is -1.45. The first-order valence-electron chi connectivity index (χ1n) is 5.00. The SMILES string of the molecule is Fc1ccc(N=Cc2ccc(Cl)c(Cl)c2)c(F)c1. The second-order valence-corrected chi connectivity index (χ2v) is 4.34. The molecule has 0 heterocycles. The summed E-state index contributed by atoms with van der Waals surface area (Å²) in [7, 11) is 0. The molecule has 18 heavy (non-hydrogen) atoms. The topological polar surface area (TPSA) is 12.4 Å². The maximum Gasteiger partial charge on any atom is 0.151 e. The van der Waals surface area contributed by atoms with Crippen LogP contribution in [0.5, 0.6) is 0 Å². The fourth-order valence-corrected chi connectivity index (χ4v) is 1.63. The van der Waals surface area contributed by atoms with Crippen LogP contribution in [0, 0.1) is 11.6 Å². The number of nitrogens with zero attached hydrogens (tertiary/aromatic N) is 1. The van der Waals surface area contributed by atoms with E-state index in [0.29, 0.717) is 15.6 Å². The molecule has 0 saturated heterocycles. The molecule has 2 aromatic rings. The molecule has 0 atom stereocenters. The third kappa shape index (κ3) is 3.06. The third-order valence-electron chi connectivity index (χ3n) is 2.21. The van der Waals surface area contributed by atoms with Gasteiger partial charge in [0.25, 0.3) is 0 Å². The predicted molar refractivity (Wildman–Crippen MR) is 70.1 cm³/mol. The van der Waals surface area contributed by atoms with Crippen LogP contribution in [-0.4, -0.2) is 6.21 Å². The van der Waals surface area contributed by atoms with Gasteiger partial charge in [0, 0.05) is 12.3 Å². The molecular formula is C13H7Cl2F2N. The van der Waals surface area contributed by atoms with Crippen molar-refractivity contribution in [1.82, 2.24) is 0 Å². The van der Waals surface area contributed by atoms with Gasteiger partial charge in [-0.15, -0.1) is 0 Å². The monoisotopic (exact) mass is 285 g/mol. The van der Waals surface area contributed by atoms with Gasteiger partial charge in [-0.2, -0.15) is 0 Å². The lowest BCUT2D eigenvalue weighted by Gasteiger charge is -1.98. The van der Waals surface area contributed by atoms with Crippen LogP contribution < -0.4 is 0 Å². The molecule has 0 fully saturated rings. The van der Waals surface area contributed by atoms with Crippen molar-refractivity contribution in [3.05, 3.63) is 63.6 Å². The minimum Gasteiger partial charge on any atom is -0.253 e. The molecular weight excluding hydrogens is 279 g/mol. The summed E-state index contributed by atoms with van der Waals surface area (Å²) in [6, 6.07) is 8.10. The molecule has 0 aliphatic heterocycles. The highest BCUT2D eigenvalue weighted by atomic mass is 35.5. The van der Waals surface area contributed by atoms with E-state index in [1.807, 2.05) is 0 Å². The zero-order valence-corrected chi connectivity index (χ0v) is 10.5. The molecule has 0 bridgehead atoms. The van der Waals surface area contributed by atoms with Crippen molar-refractivity contribution in [2.45, 2.75) is 0 Å². The van der Waals surface area contributed by atoms with Crippen LogP contribution in [-0.2, 0) is 0 Å². The summed E-state index contributed by atoms with van der Waals surface area (Å²) < 4.78 is 26.0. The van der Waals surface area contributed by atoms with E-state index in [2.05, 4.69) is 4.99 Å². The second-order valence-electron chi connectivity index (χ2n) is 3.53. The van der Waals surface area contributed by atoms with E-state index < -0.39 is 11.6 Å². The number of benzene rings is 2. The predicted octanol–water partition coefficient (Wildman–Crippen LogP) is 5.02. The Labute approximate surface area is 113 Å². The highest BCUT2D eigenvalue weighted by molar-refractivity contribution is 6.42. The smallest absolute Gasteiger partial charge is 0.151 e. The molecule has 0 aliphatic carbocycles. The molecule has 0 aromatic heterocycles. The number of rotatable bonds is 2. The highest BCUT2D eigenvalue weighted by Gasteiger charge is 2.02. The fraction of sp³-hybridized carbons (Fsp3) is 0. The quantitative estimate of drug-likeness (QED) is 0.687. The molecule has 0 unspecified atom stereocenters. The maximum atomic E-state index is 13.3. The zero-order valence-electron chi connectivity index (χ0n) is 9.00. The van der Waals surface area contributed by atoms with Crippen LogP contribution in [0.15, 0.2) is 41.4 Å². The van der Waals surface area contributed by atoms with E-state index in [4.69, 9.17) is 23.2 Å². The summed E-state index contributed by atoms with van der Waals surface area (Å²) in [5.41, 5.74) is 0.732. The minimum atomic E-state index is -0.716. The lowest BCUT2D eigenvalue weighted by Crippen LogP contribution is -1.83. The largest absolute Gasteiger partial charge is 0.253 e. The Morgan fingerprint density at radius 3 is 2.39 bits per heavy atom. The first kappa shape index (κ1) is 13.0. The average Bonchev–Trinajstić information content (AvgIpc) is 2.32. The van der Waals surface area contributed by atoms with Gasteiger partial charge in [-0.3, -0.25) is 4.99 Å². The first-order chi connectivity index (χ1) is 8.56. The van der Waals surface area contributed by atoms with Crippen LogP contribution >= 0.6 is 23.2 Å². The van der Waals surface area contributed by atoms with Crippen molar-refractivity contribution in [2.24, 2.45) is 4.99 Å². The van der Waals surface area contributed by atoms with Crippen molar-refractivity contribution >= 4 is 35.1 Å². The average molecular weight is 286 g/mol. The summed E-state index contributed by atoms with van der Waals surface area (Å²) in [5, 5.41) is 0.821. The number of hydrogen-bond donors (Lipinski definition) is 0. The third-order valence-corrected chi connectivity index (χ3v) is 2.95. The van der Waals surface area contributed by atoms with Gasteiger partial charge in [-0.05, 0) is 29.8 Å². The van der Waals surface area contributed by atoms with Gasteiger partial charge >= 0.3 is 0 Å². The van der Waals surface area contributed by atoms with Gasteiger partial charge in [0.05, 0.1) is 15.7 Å². The van der Waals surface area contributed by atoms with E-state index in [-0.39, 0.29) is 5.69 Å². The molecule has 92 valence electrons. The molecule has 2 aromatic carbocycles. The van der Waals surface area contributed by atoms with Gasteiger partial charge in [0.1, 0.15) is 5.82 Å². The van der Waals surface area contributed by atoms with E-state index in [1.165, 1.54) is 12.3 Å². The Kier molecular flexibility index (Phi) is 3.94. The molecule has 0 saturated carbocycles. The Morgan fingerprint density at radius 2 is 1.72 bits per heavy atom. The highest BCUT2D eigenvalue weighted by Crippen LogP contribution is 2.23. The van der Waals surface area contributed by atoms with Crippen LogP contribution in [0.1, 0.15) is 5.56 Å². The molecule has 0 amide bonds. The lowest BCUT2D eigenvalue weighted by atomic mass is 10.2. The van der Waals surface area contributed by atoms with E-state index >= 15 is 0 Å². The Bertz CT molecular complexity index is 612. The zero-order chi connectivity index (χ0) is 13.1. The number of aliphatic imine (C=N–C) groups is 1. The van der Waals surface area contributed by atoms with Crippen molar-refractivity contribution in [3.8, 4) is 0 Å². The van der Waals surface area contributed by atoms with Crippen molar-refractivity contribution in [2.75, 3.05) is 0 Å². The van der Waals surface area contributed by atoms with Crippen LogP contribution in [0.4, 0.5) is 14.5 Å². The van der Waals surface area contributed by atoms with Crippen molar-refractivity contribution < 1.29 is 8.78 Å². The van der Waals surface area contributed by atoms with Gasteiger partial charge in [0.15, 0.2) is 5.82 Å². The Balaban J connectivity index is 2.27. The summed E-state index contributed by atoms with van der Waals surface area (Å²) in [4.78, 5) is 3.92. The van der Waals surface area contributed by atoms with Crippen LogP contribution in [0.3, 0.4) is 0 Å². The van der Waals surface area contributed by atoms with E-state index in [1.54, 1.807) is 18.2 Å². The normalized spacial score (nSPS) is 11.1. The van der Waals surface area contributed by atoms with Crippen molar-refractivity contribution in [1.29, 1.82) is 0 Å². The molecule has 1 nitrogen and oxygen atoms in total. The van der Waals surface area contributed by atoms with Gasteiger partial charge in [-0.25, -0.2) is 8.78 Å². The molecule has 0 aliphatic rings. The standard InChI is InChI=1S/C13H7Cl2F2N/c14-10-3-1-8(5-11(10)15)7-18-13-4-2-9(16)6-12(13)17/h1-7H. The number of hydrogen-bond acceptors (Lipinski definition) is 1. The van der Waals surface area contributed by atoms with Crippen molar-refractivity contribution in [3.63, 3.8) is 0 Å². The first-order valence-corrected chi connectivity index (χ1v) is 5.76. The molecule has 5 heteroatoms. The molecule has 0 radical (unpaired) electrons. The summed E-state index contributed by atoms with van der Waals surface area (Å²) >= 11 is 11.6. The summed E-state index contributed by atoms with van der Waals surface area (Å²) in [5.74, 6) is -1.35. The van der Waals surface area contributed by atoms with E-state index in [9.17, 15) is 8.78 Å². The molecule has 0 N–H and O–H groups in total. The Morgan fingerprint density at radius 1 is 0.944 bits per heavy atom. The lowest BCUT2D eigenvalue weighted by molar-refractivity contribution is 0.585. The molecule has 2 rings (SSSR count). The van der Waals surface area contributed by atoms with Crippen LogP contribution in [0.2, 0.25) is 10.0 Å². The van der Waals surface area contributed by atoms with Gasteiger partial charge in [-0.1, -0.05) is 29.3 Å². The fourth-order valence-electron chi connectivity index (χ4n) is 1.32. The number of halogens is 4. The minimum absolute atomic E-state index is 0.0578. The molecule has 0 spiro atoms. The van der Waals surface area contributed by atoms with Crippen LogP contribution in [0.25, 0.3) is 0 Å². The second kappa shape index (κ2) is 5.46. The summed E-state index contributed by atoms with van der Waals surface area (Å²) in [6.45, 7) is 0. The van der Waals surface area contributed by atoms with E-state index in [0.717, 1.165) is 12.1 Å². The van der Waals surface area contributed by atoms with Gasteiger partial charge < -0.3 is 0 Å².